The van der Waals surface area contributed by atoms with E-state index in [2.05, 4.69) is 25.3 Å². The van der Waals surface area contributed by atoms with Crippen molar-refractivity contribution in [3.05, 3.63) is 36.9 Å². The van der Waals surface area contributed by atoms with Crippen LogP contribution in [0, 0.1) is 0 Å². The van der Waals surface area contributed by atoms with Crippen LogP contribution in [0.1, 0.15) is 13.8 Å². The summed E-state index contributed by atoms with van der Waals surface area (Å²) in [6.07, 6.45) is 7.21. The third-order valence-electron chi connectivity index (χ3n) is 4.13. The molecule has 1 N–H and O–H groups in total. The summed E-state index contributed by atoms with van der Waals surface area (Å²) >= 11 is 0. The predicted octanol–water partition coefficient (Wildman–Crippen LogP) is 2.31. The summed E-state index contributed by atoms with van der Waals surface area (Å²) in [6.45, 7) is 6.13. The van der Waals surface area contributed by atoms with E-state index < -0.39 is 0 Å². The van der Waals surface area contributed by atoms with Gasteiger partial charge in [0, 0.05) is 36.6 Å². The van der Waals surface area contributed by atoms with Crippen LogP contribution >= 0.6 is 0 Å². The minimum absolute atomic E-state index is 0.0583. The molecule has 7 heteroatoms. The van der Waals surface area contributed by atoms with Gasteiger partial charge in [-0.3, -0.25) is 19.4 Å². The van der Waals surface area contributed by atoms with Crippen molar-refractivity contribution >= 4 is 22.5 Å². The second-order valence-corrected chi connectivity index (χ2v) is 5.90. The van der Waals surface area contributed by atoms with Gasteiger partial charge in [-0.2, -0.15) is 5.10 Å². The highest BCUT2D eigenvalue weighted by Gasteiger charge is 2.09. The first-order valence-corrected chi connectivity index (χ1v) is 8.36. The van der Waals surface area contributed by atoms with Gasteiger partial charge in [0.2, 0.25) is 5.91 Å². The van der Waals surface area contributed by atoms with Crippen molar-refractivity contribution in [2.75, 3.05) is 25.0 Å². The number of hydrogen-bond acceptors (Lipinski definition) is 5. The number of fused-ring (bicyclic) bond motifs is 1. The maximum absolute atomic E-state index is 12.2. The molecule has 0 atom stereocenters. The number of hydrogen-bond donors (Lipinski definition) is 1. The first-order chi connectivity index (χ1) is 12.1. The van der Waals surface area contributed by atoms with Crippen LogP contribution in [0.3, 0.4) is 0 Å². The molecule has 130 valence electrons. The van der Waals surface area contributed by atoms with Crippen molar-refractivity contribution in [1.29, 1.82) is 0 Å². The van der Waals surface area contributed by atoms with Crippen molar-refractivity contribution in [1.82, 2.24) is 24.6 Å². The minimum atomic E-state index is -0.0583. The average molecular weight is 338 g/mol. The van der Waals surface area contributed by atoms with Crippen LogP contribution in [0.4, 0.5) is 5.82 Å². The zero-order valence-electron chi connectivity index (χ0n) is 14.7. The summed E-state index contributed by atoms with van der Waals surface area (Å²) in [4.78, 5) is 23.0. The van der Waals surface area contributed by atoms with Gasteiger partial charge in [0.05, 0.1) is 18.4 Å². The predicted molar refractivity (Wildman–Crippen MR) is 98.2 cm³/mol. The largest absolute Gasteiger partial charge is 0.310 e. The SMILES string of the molecule is CCN(CC)CC(=O)Nc1cc2cc(-c3cnn(C)c3)ncc2cn1. The summed E-state index contributed by atoms with van der Waals surface area (Å²) in [6, 6.07) is 3.85. The number of amides is 1. The Labute approximate surface area is 146 Å². The molecular formula is C18H22N6O. The van der Waals surface area contributed by atoms with Crippen molar-refractivity contribution in [2.24, 2.45) is 7.05 Å². The smallest absolute Gasteiger partial charge is 0.239 e. The molecule has 3 rings (SSSR count). The molecule has 25 heavy (non-hydrogen) atoms. The molecule has 0 saturated heterocycles. The van der Waals surface area contributed by atoms with Crippen LogP contribution in [-0.2, 0) is 11.8 Å². The molecule has 0 saturated carbocycles. The van der Waals surface area contributed by atoms with Gasteiger partial charge in [0.1, 0.15) is 5.82 Å². The van der Waals surface area contributed by atoms with Crippen molar-refractivity contribution in [3.63, 3.8) is 0 Å². The maximum atomic E-state index is 12.2. The van der Waals surface area contributed by atoms with E-state index in [1.54, 1.807) is 23.3 Å². The highest BCUT2D eigenvalue weighted by molar-refractivity contribution is 5.94. The fourth-order valence-corrected chi connectivity index (χ4v) is 2.65. The lowest BCUT2D eigenvalue weighted by Crippen LogP contribution is -2.33. The lowest BCUT2D eigenvalue weighted by molar-refractivity contribution is -0.117. The second-order valence-electron chi connectivity index (χ2n) is 5.90. The van der Waals surface area contributed by atoms with E-state index in [1.165, 1.54) is 0 Å². The van der Waals surface area contributed by atoms with Gasteiger partial charge in [-0.25, -0.2) is 4.98 Å². The Kier molecular flexibility index (Phi) is 5.04. The topological polar surface area (TPSA) is 75.9 Å². The van der Waals surface area contributed by atoms with Crippen LogP contribution in [0.15, 0.2) is 36.9 Å². The number of likely N-dealkylation sites (N-methyl/N-ethyl adjacent to an activating group) is 1. The summed E-state index contributed by atoms with van der Waals surface area (Å²) in [5, 5.41) is 8.94. The summed E-state index contributed by atoms with van der Waals surface area (Å²) in [5.74, 6) is 0.491. The van der Waals surface area contributed by atoms with Crippen molar-refractivity contribution < 1.29 is 4.79 Å². The van der Waals surface area contributed by atoms with Gasteiger partial charge >= 0.3 is 0 Å². The number of carbonyl (C=O) groups excluding carboxylic acids is 1. The summed E-state index contributed by atoms with van der Waals surface area (Å²) in [5.41, 5.74) is 1.79. The Morgan fingerprint density at radius 1 is 1.12 bits per heavy atom. The van der Waals surface area contributed by atoms with E-state index in [-0.39, 0.29) is 5.91 Å². The lowest BCUT2D eigenvalue weighted by atomic mass is 10.1. The molecule has 0 aromatic carbocycles. The number of nitrogens with zero attached hydrogens (tertiary/aromatic N) is 5. The third kappa shape index (κ3) is 4.00. The number of carbonyl (C=O) groups is 1. The van der Waals surface area contributed by atoms with Gasteiger partial charge in [-0.1, -0.05) is 13.8 Å². The first kappa shape index (κ1) is 17.0. The molecule has 0 fully saturated rings. The number of aromatic nitrogens is 4. The lowest BCUT2D eigenvalue weighted by Gasteiger charge is -2.17. The van der Waals surface area contributed by atoms with E-state index >= 15 is 0 Å². The third-order valence-corrected chi connectivity index (χ3v) is 4.13. The molecule has 0 aliphatic carbocycles. The Hall–Kier alpha value is -2.80. The van der Waals surface area contributed by atoms with Gasteiger partial charge in [-0.05, 0) is 30.6 Å². The standard InChI is InChI=1S/C18H22N6O/c1-4-24(5-2)12-18(25)22-17-7-13-6-16(15-10-21-23(3)11-15)19-8-14(13)9-20-17/h6-11H,4-5,12H2,1-3H3,(H,20,22,25). The molecular weight excluding hydrogens is 316 g/mol. The molecule has 0 radical (unpaired) electrons. The van der Waals surface area contributed by atoms with Gasteiger partial charge in [0.15, 0.2) is 0 Å². The fourth-order valence-electron chi connectivity index (χ4n) is 2.65. The molecule has 1 amide bonds. The second kappa shape index (κ2) is 7.40. The van der Waals surface area contributed by atoms with E-state index in [4.69, 9.17) is 0 Å². The van der Waals surface area contributed by atoms with E-state index in [1.807, 2.05) is 39.2 Å². The molecule has 0 aliphatic rings. The van der Waals surface area contributed by atoms with Gasteiger partial charge in [0.25, 0.3) is 0 Å². The Morgan fingerprint density at radius 3 is 2.56 bits per heavy atom. The normalized spacial score (nSPS) is 11.2. The number of aryl methyl sites for hydroxylation is 1. The summed E-state index contributed by atoms with van der Waals surface area (Å²) in [7, 11) is 1.87. The Morgan fingerprint density at radius 2 is 1.88 bits per heavy atom. The van der Waals surface area contributed by atoms with Crippen LogP contribution in [0.2, 0.25) is 0 Å². The molecule has 0 unspecified atom stereocenters. The maximum Gasteiger partial charge on any atom is 0.239 e. The van der Waals surface area contributed by atoms with Crippen LogP contribution in [-0.4, -0.2) is 50.2 Å². The monoisotopic (exact) mass is 338 g/mol. The molecule has 7 nitrogen and oxygen atoms in total. The van der Waals surface area contributed by atoms with Crippen molar-refractivity contribution in [3.8, 4) is 11.3 Å². The Balaban J connectivity index is 1.82. The van der Waals surface area contributed by atoms with E-state index in [0.717, 1.165) is 35.1 Å². The van der Waals surface area contributed by atoms with E-state index in [9.17, 15) is 4.79 Å². The van der Waals surface area contributed by atoms with Gasteiger partial charge < -0.3 is 5.32 Å². The molecule has 3 aromatic rings. The molecule has 0 bridgehead atoms. The molecule has 0 spiro atoms. The fraction of sp³-hybridized carbons (Fsp3) is 0.333. The highest BCUT2D eigenvalue weighted by atomic mass is 16.2. The molecule has 0 aliphatic heterocycles. The number of pyridine rings is 2. The highest BCUT2D eigenvalue weighted by Crippen LogP contribution is 2.22. The molecule has 3 heterocycles. The quantitative estimate of drug-likeness (QED) is 0.746. The van der Waals surface area contributed by atoms with Crippen LogP contribution in [0.25, 0.3) is 22.0 Å². The van der Waals surface area contributed by atoms with E-state index in [0.29, 0.717) is 12.4 Å². The zero-order valence-corrected chi connectivity index (χ0v) is 14.7. The number of rotatable bonds is 6. The summed E-state index contributed by atoms with van der Waals surface area (Å²) < 4.78 is 1.74. The number of nitrogens with one attached hydrogen (secondary N) is 1. The van der Waals surface area contributed by atoms with Crippen LogP contribution < -0.4 is 5.32 Å². The van der Waals surface area contributed by atoms with Crippen molar-refractivity contribution in [2.45, 2.75) is 13.8 Å². The van der Waals surface area contributed by atoms with Crippen LogP contribution in [0.5, 0.6) is 0 Å². The first-order valence-electron chi connectivity index (χ1n) is 8.36. The number of anilines is 1. The molecule has 3 aromatic heterocycles. The zero-order chi connectivity index (χ0) is 17.8. The minimum Gasteiger partial charge on any atom is -0.310 e. The van der Waals surface area contributed by atoms with Gasteiger partial charge in [-0.15, -0.1) is 0 Å². The Bertz CT molecular complexity index is 884. The average Bonchev–Trinajstić information content (AvgIpc) is 3.05.